The van der Waals surface area contributed by atoms with Gasteiger partial charge < -0.3 is 14.0 Å². The van der Waals surface area contributed by atoms with Gasteiger partial charge in [0.05, 0.1) is 12.1 Å². The highest BCUT2D eigenvalue weighted by Gasteiger charge is 2.26. The van der Waals surface area contributed by atoms with Crippen molar-refractivity contribution in [3.05, 3.63) is 65.9 Å². The monoisotopic (exact) mass is 365 g/mol. The van der Waals surface area contributed by atoms with Crippen LogP contribution in [0.5, 0.6) is 5.75 Å². The predicted molar refractivity (Wildman–Crippen MR) is 108 cm³/mol. The van der Waals surface area contributed by atoms with E-state index in [0.29, 0.717) is 12.4 Å². The van der Waals surface area contributed by atoms with Crippen molar-refractivity contribution in [1.29, 1.82) is 0 Å². The Hall–Kier alpha value is -2.75. The largest absolute Gasteiger partial charge is 0.478 e. The molecule has 0 bridgehead atoms. The first-order valence-corrected chi connectivity index (χ1v) is 9.47. The molecular formula is C23H27NO3. The smallest absolute Gasteiger partial charge is 0.347 e. The number of ether oxygens (including phenoxy) is 2. The second kappa shape index (κ2) is 8.30. The van der Waals surface area contributed by atoms with Crippen molar-refractivity contribution in [2.24, 2.45) is 5.92 Å². The van der Waals surface area contributed by atoms with Crippen molar-refractivity contribution in [1.82, 2.24) is 4.57 Å². The molecule has 3 aromatic rings. The van der Waals surface area contributed by atoms with E-state index in [4.69, 9.17) is 9.47 Å². The van der Waals surface area contributed by atoms with Crippen LogP contribution in [0.2, 0.25) is 0 Å². The number of fused-ring (bicyclic) bond motifs is 1. The Bertz CT molecular complexity index is 912. The standard InChI is InChI=1S/C23H27NO3/c1-5-26-23(25)22(16(2)3)27-21-13-9-12-20-19(21)14-17(4)24(20)15-18-10-7-6-8-11-18/h6-14,16,22H,5,15H2,1-4H3. The number of hydrogen-bond acceptors (Lipinski definition) is 3. The number of hydrogen-bond donors (Lipinski definition) is 0. The molecular weight excluding hydrogens is 338 g/mol. The van der Waals surface area contributed by atoms with E-state index in [1.807, 2.05) is 39.0 Å². The van der Waals surface area contributed by atoms with E-state index in [9.17, 15) is 4.79 Å². The number of esters is 1. The Labute approximate surface area is 160 Å². The zero-order valence-corrected chi connectivity index (χ0v) is 16.4. The third-order valence-electron chi connectivity index (χ3n) is 4.67. The van der Waals surface area contributed by atoms with E-state index < -0.39 is 6.10 Å². The van der Waals surface area contributed by atoms with Crippen LogP contribution in [0, 0.1) is 12.8 Å². The SMILES string of the molecule is CCOC(=O)C(Oc1cccc2c1cc(C)n2Cc1ccccc1)C(C)C. The average molecular weight is 365 g/mol. The van der Waals surface area contributed by atoms with Gasteiger partial charge in [0.25, 0.3) is 0 Å². The lowest BCUT2D eigenvalue weighted by molar-refractivity contribution is -0.153. The fourth-order valence-electron chi connectivity index (χ4n) is 3.29. The summed E-state index contributed by atoms with van der Waals surface area (Å²) < 4.78 is 13.6. The van der Waals surface area contributed by atoms with Gasteiger partial charge >= 0.3 is 5.97 Å². The second-order valence-corrected chi connectivity index (χ2v) is 7.08. The molecule has 0 spiro atoms. The molecule has 27 heavy (non-hydrogen) atoms. The summed E-state index contributed by atoms with van der Waals surface area (Å²) in [6.45, 7) is 8.98. The number of rotatable bonds is 7. The van der Waals surface area contributed by atoms with Crippen LogP contribution in [-0.4, -0.2) is 23.2 Å². The van der Waals surface area contributed by atoms with E-state index in [2.05, 4.69) is 47.9 Å². The molecule has 1 aromatic heterocycles. The van der Waals surface area contributed by atoms with E-state index in [1.54, 1.807) is 0 Å². The van der Waals surface area contributed by atoms with E-state index in [1.165, 1.54) is 5.56 Å². The van der Waals surface area contributed by atoms with Crippen molar-refractivity contribution in [3.8, 4) is 5.75 Å². The first-order chi connectivity index (χ1) is 13.0. The van der Waals surface area contributed by atoms with Gasteiger partial charge in [0.1, 0.15) is 5.75 Å². The minimum absolute atomic E-state index is 0.0202. The minimum atomic E-state index is -0.617. The Morgan fingerprint density at radius 3 is 2.48 bits per heavy atom. The van der Waals surface area contributed by atoms with Crippen LogP contribution >= 0.6 is 0 Å². The molecule has 142 valence electrons. The maximum absolute atomic E-state index is 12.3. The van der Waals surface area contributed by atoms with Gasteiger partial charge in [0.2, 0.25) is 0 Å². The Kier molecular flexibility index (Phi) is 5.84. The Morgan fingerprint density at radius 1 is 1.07 bits per heavy atom. The number of aryl methyl sites for hydroxylation is 1. The number of carbonyl (C=O) groups is 1. The molecule has 4 heteroatoms. The second-order valence-electron chi connectivity index (χ2n) is 7.08. The molecule has 3 rings (SSSR count). The summed E-state index contributed by atoms with van der Waals surface area (Å²) in [6.07, 6.45) is -0.617. The summed E-state index contributed by atoms with van der Waals surface area (Å²) in [4.78, 5) is 12.3. The normalized spacial score (nSPS) is 12.3. The van der Waals surface area contributed by atoms with Crippen molar-refractivity contribution < 1.29 is 14.3 Å². The third kappa shape index (κ3) is 4.16. The van der Waals surface area contributed by atoms with Crippen LogP contribution in [-0.2, 0) is 16.1 Å². The first kappa shape index (κ1) is 19.0. The van der Waals surface area contributed by atoms with Gasteiger partial charge in [-0.3, -0.25) is 0 Å². The highest BCUT2D eigenvalue weighted by molar-refractivity contribution is 5.88. The molecule has 0 aliphatic carbocycles. The van der Waals surface area contributed by atoms with E-state index in [0.717, 1.165) is 23.1 Å². The fourth-order valence-corrected chi connectivity index (χ4v) is 3.29. The summed E-state index contributed by atoms with van der Waals surface area (Å²) in [6, 6.07) is 18.5. The molecule has 0 fully saturated rings. The Morgan fingerprint density at radius 2 is 1.81 bits per heavy atom. The lowest BCUT2D eigenvalue weighted by Gasteiger charge is -2.21. The highest BCUT2D eigenvalue weighted by Crippen LogP contribution is 2.31. The zero-order valence-electron chi connectivity index (χ0n) is 16.4. The molecule has 0 saturated carbocycles. The van der Waals surface area contributed by atoms with Gasteiger partial charge in [-0.1, -0.05) is 50.2 Å². The van der Waals surface area contributed by atoms with Crippen molar-refractivity contribution in [3.63, 3.8) is 0 Å². The first-order valence-electron chi connectivity index (χ1n) is 9.47. The molecule has 4 nitrogen and oxygen atoms in total. The lowest BCUT2D eigenvalue weighted by Crippen LogP contribution is -2.34. The summed E-state index contributed by atoms with van der Waals surface area (Å²) in [5, 5.41) is 1.01. The molecule has 0 saturated heterocycles. The van der Waals surface area contributed by atoms with Gasteiger partial charge in [-0.15, -0.1) is 0 Å². The van der Waals surface area contributed by atoms with Crippen molar-refractivity contribution in [2.45, 2.75) is 40.3 Å². The van der Waals surface area contributed by atoms with Crippen molar-refractivity contribution >= 4 is 16.9 Å². The molecule has 0 amide bonds. The predicted octanol–water partition coefficient (Wildman–Crippen LogP) is 4.96. The zero-order chi connectivity index (χ0) is 19.4. The minimum Gasteiger partial charge on any atom is -0.478 e. The number of carbonyl (C=O) groups excluding carboxylic acids is 1. The van der Waals surface area contributed by atoms with Crippen LogP contribution in [0.1, 0.15) is 32.0 Å². The molecule has 2 aromatic carbocycles. The summed E-state index contributed by atoms with van der Waals surface area (Å²) >= 11 is 0. The quantitative estimate of drug-likeness (QED) is 0.555. The lowest BCUT2D eigenvalue weighted by atomic mass is 10.1. The fraction of sp³-hybridized carbons (Fsp3) is 0.348. The maximum Gasteiger partial charge on any atom is 0.347 e. The van der Waals surface area contributed by atoms with Gasteiger partial charge in [-0.05, 0) is 37.6 Å². The van der Waals surface area contributed by atoms with Gasteiger partial charge in [-0.25, -0.2) is 4.79 Å². The topological polar surface area (TPSA) is 40.5 Å². The molecule has 0 aliphatic heterocycles. The molecule has 0 radical (unpaired) electrons. The molecule has 1 unspecified atom stereocenters. The van der Waals surface area contributed by atoms with Gasteiger partial charge in [0.15, 0.2) is 6.10 Å². The third-order valence-corrected chi connectivity index (χ3v) is 4.67. The van der Waals surface area contributed by atoms with Gasteiger partial charge in [0, 0.05) is 23.5 Å². The summed E-state index contributed by atoms with van der Waals surface area (Å²) in [5.41, 5.74) is 3.50. The van der Waals surface area contributed by atoms with E-state index in [-0.39, 0.29) is 11.9 Å². The number of nitrogens with zero attached hydrogens (tertiary/aromatic N) is 1. The maximum atomic E-state index is 12.3. The molecule has 0 N–H and O–H groups in total. The van der Waals surface area contributed by atoms with Crippen LogP contribution in [0.15, 0.2) is 54.6 Å². The van der Waals surface area contributed by atoms with Gasteiger partial charge in [-0.2, -0.15) is 0 Å². The molecule has 0 aliphatic rings. The van der Waals surface area contributed by atoms with Crippen LogP contribution in [0.3, 0.4) is 0 Å². The number of aromatic nitrogens is 1. The van der Waals surface area contributed by atoms with E-state index >= 15 is 0 Å². The average Bonchev–Trinajstić information content (AvgIpc) is 2.97. The summed E-state index contributed by atoms with van der Waals surface area (Å²) in [5.74, 6) is 0.422. The van der Waals surface area contributed by atoms with Crippen LogP contribution in [0.4, 0.5) is 0 Å². The van der Waals surface area contributed by atoms with Crippen LogP contribution < -0.4 is 4.74 Å². The van der Waals surface area contributed by atoms with Crippen molar-refractivity contribution in [2.75, 3.05) is 6.61 Å². The Balaban J connectivity index is 1.96. The number of benzene rings is 2. The molecule has 1 atom stereocenters. The highest BCUT2D eigenvalue weighted by atomic mass is 16.6. The summed E-state index contributed by atoms with van der Waals surface area (Å²) in [7, 11) is 0. The molecule has 1 heterocycles. The van der Waals surface area contributed by atoms with Crippen LogP contribution in [0.25, 0.3) is 10.9 Å².